The van der Waals surface area contributed by atoms with Crippen molar-refractivity contribution in [1.82, 2.24) is 9.97 Å². The molecule has 5 atom stereocenters. The molecule has 4 rings (SSSR count). The van der Waals surface area contributed by atoms with Crippen molar-refractivity contribution in [2.75, 3.05) is 6.26 Å². The molecule has 2 aliphatic heterocycles. The van der Waals surface area contributed by atoms with Crippen LogP contribution in [0.5, 0.6) is 0 Å². The smallest absolute Gasteiger partial charge is 0.187 e. The Hall–Kier alpha value is -1.27. The van der Waals surface area contributed by atoms with Gasteiger partial charge >= 0.3 is 0 Å². The van der Waals surface area contributed by atoms with Crippen LogP contribution < -0.4 is 0 Å². The van der Waals surface area contributed by atoms with Crippen LogP contribution in [0.2, 0.25) is 0 Å². The zero-order valence-electron chi connectivity index (χ0n) is 11.9. The van der Waals surface area contributed by atoms with Crippen LogP contribution in [0.3, 0.4) is 0 Å². The predicted octanol–water partition coefficient (Wildman–Crippen LogP) is 1.54. The third-order valence-electron chi connectivity index (χ3n) is 4.94. The molecule has 6 heteroatoms. The first-order valence-corrected chi connectivity index (χ1v) is 8.44. The Morgan fingerprint density at radius 3 is 2.38 bits per heavy atom. The summed E-state index contributed by atoms with van der Waals surface area (Å²) in [5, 5.41) is 0.604. The number of carbonyl (C=O) groups excluding carboxylic acids is 2. The molecule has 0 N–H and O–H groups in total. The lowest BCUT2D eigenvalue weighted by Crippen LogP contribution is -2.29. The molecule has 2 bridgehead atoms. The van der Waals surface area contributed by atoms with E-state index in [0.29, 0.717) is 10.9 Å². The normalized spacial score (nSPS) is 37.3. The molecular formula is C15H16N2O3S. The minimum Gasteiger partial charge on any atom is -0.373 e. The third kappa shape index (κ3) is 1.75. The number of hydrogen-bond donors (Lipinski definition) is 0. The average molecular weight is 304 g/mol. The highest BCUT2D eigenvalue weighted by atomic mass is 32.2. The first-order valence-electron chi connectivity index (χ1n) is 7.22. The van der Waals surface area contributed by atoms with E-state index in [1.165, 1.54) is 11.8 Å². The number of rotatable bonds is 2. The highest BCUT2D eigenvalue weighted by Crippen LogP contribution is 2.52. The number of carbonyl (C=O) groups is 2. The molecule has 0 radical (unpaired) electrons. The van der Waals surface area contributed by atoms with Gasteiger partial charge in [-0.15, -0.1) is 0 Å². The second kappa shape index (κ2) is 4.61. The van der Waals surface area contributed by atoms with Gasteiger partial charge in [0.2, 0.25) is 0 Å². The van der Waals surface area contributed by atoms with Gasteiger partial charge in [0.05, 0.1) is 29.7 Å². The van der Waals surface area contributed by atoms with Crippen molar-refractivity contribution in [3.8, 4) is 0 Å². The van der Waals surface area contributed by atoms with Gasteiger partial charge in [0, 0.05) is 6.20 Å². The highest BCUT2D eigenvalue weighted by molar-refractivity contribution is 7.98. The zero-order chi connectivity index (χ0) is 14.7. The second-order valence-corrected chi connectivity index (χ2v) is 6.78. The number of hydrogen-bond acceptors (Lipinski definition) is 6. The van der Waals surface area contributed by atoms with E-state index in [0.717, 1.165) is 18.4 Å². The molecule has 5 nitrogen and oxygen atoms in total. The quantitative estimate of drug-likeness (QED) is 0.469. The van der Waals surface area contributed by atoms with Crippen LogP contribution in [0.25, 0.3) is 0 Å². The fraction of sp³-hybridized carbons (Fsp3) is 0.600. The Balaban J connectivity index is 1.77. The summed E-state index contributed by atoms with van der Waals surface area (Å²) >= 11 is 1.42. The van der Waals surface area contributed by atoms with E-state index < -0.39 is 5.92 Å². The number of aromatic nitrogens is 2. The molecule has 0 aromatic carbocycles. The number of nitrogens with zero attached hydrogens (tertiary/aromatic N) is 2. The summed E-state index contributed by atoms with van der Waals surface area (Å²) in [5.41, 5.74) is 1.41. The SMILES string of the molecule is CSc1ncc(C)c(C2C(=O)[C@@H]3[C@H](C2=O)[C@@H]2CC[C@H]3O2)n1. The minimum absolute atomic E-state index is 0.00560. The van der Waals surface area contributed by atoms with Crippen molar-refractivity contribution in [1.29, 1.82) is 0 Å². The van der Waals surface area contributed by atoms with Crippen LogP contribution in [0.15, 0.2) is 11.4 Å². The van der Waals surface area contributed by atoms with Gasteiger partial charge in [-0.1, -0.05) is 11.8 Å². The first-order chi connectivity index (χ1) is 10.1. The van der Waals surface area contributed by atoms with Crippen LogP contribution >= 0.6 is 11.8 Å². The molecule has 1 saturated carbocycles. The molecule has 2 saturated heterocycles. The van der Waals surface area contributed by atoms with Crippen molar-refractivity contribution >= 4 is 23.3 Å². The summed E-state index contributed by atoms with van der Waals surface area (Å²) in [4.78, 5) is 34.2. The largest absolute Gasteiger partial charge is 0.373 e. The molecular weight excluding hydrogens is 288 g/mol. The number of thioether (sulfide) groups is 1. The topological polar surface area (TPSA) is 69.2 Å². The summed E-state index contributed by atoms with van der Waals surface area (Å²) in [5.74, 6) is -1.18. The van der Waals surface area contributed by atoms with Crippen molar-refractivity contribution in [3.05, 3.63) is 17.5 Å². The van der Waals surface area contributed by atoms with Gasteiger partial charge in [-0.3, -0.25) is 9.59 Å². The van der Waals surface area contributed by atoms with Gasteiger partial charge in [-0.05, 0) is 31.6 Å². The molecule has 1 aromatic rings. The Morgan fingerprint density at radius 1 is 1.19 bits per heavy atom. The van der Waals surface area contributed by atoms with Gasteiger partial charge in [0.15, 0.2) is 16.7 Å². The Bertz CT molecular complexity index is 620. The molecule has 0 amide bonds. The van der Waals surface area contributed by atoms with Gasteiger partial charge in [0.1, 0.15) is 5.92 Å². The van der Waals surface area contributed by atoms with Crippen molar-refractivity contribution in [2.24, 2.45) is 11.8 Å². The van der Waals surface area contributed by atoms with Crippen LogP contribution in [-0.4, -0.2) is 40.0 Å². The first kappa shape index (κ1) is 13.4. The van der Waals surface area contributed by atoms with Gasteiger partial charge < -0.3 is 4.74 Å². The van der Waals surface area contributed by atoms with E-state index in [4.69, 9.17) is 4.74 Å². The number of fused-ring (bicyclic) bond motifs is 5. The lowest BCUT2D eigenvalue weighted by Gasteiger charge is -2.16. The molecule has 3 aliphatic rings. The maximum Gasteiger partial charge on any atom is 0.187 e. The fourth-order valence-corrected chi connectivity index (χ4v) is 4.37. The van der Waals surface area contributed by atoms with Crippen molar-refractivity contribution in [3.63, 3.8) is 0 Å². The van der Waals surface area contributed by atoms with E-state index in [1.54, 1.807) is 6.20 Å². The molecule has 0 spiro atoms. The summed E-state index contributed by atoms with van der Waals surface area (Å²) in [6.45, 7) is 1.86. The Labute approximate surface area is 126 Å². The summed E-state index contributed by atoms with van der Waals surface area (Å²) in [6.07, 6.45) is 5.28. The van der Waals surface area contributed by atoms with Crippen LogP contribution in [0.4, 0.5) is 0 Å². The van der Waals surface area contributed by atoms with E-state index in [-0.39, 0.29) is 35.6 Å². The van der Waals surface area contributed by atoms with Crippen LogP contribution in [-0.2, 0) is 14.3 Å². The molecule has 3 heterocycles. The number of ether oxygens (including phenoxy) is 1. The number of Topliss-reactive ketones (excluding diaryl/α,β-unsaturated/α-hetero) is 2. The molecule has 1 aromatic heterocycles. The molecule has 110 valence electrons. The summed E-state index contributed by atoms with van der Waals surface area (Å²) in [7, 11) is 0. The number of ketones is 2. The predicted molar refractivity (Wildman–Crippen MR) is 76.2 cm³/mol. The fourth-order valence-electron chi connectivity index (χ4n) is 4.02. The lowest BCUT2D eigenvalue weighted by molar-refractivity contribution is -0.127. The van der Waals surface area contributed by atoms with E-state index >= 15 is 0 Å². The van der Waals surface area contributed by atoms with E-state index in [2.05, 4.69) is 9.97 Å². The summed E-state index contributed by atoms with van der Waals surface area (Å²) in [6, 6.07) is 0. The van der Waals surface area contributed by atoms with Crippen LogP contribution in [0.1, 0.15) is 30.0 Å². The van der Waals surface area contributed by atoms with Gasteiger partial charge in [-0.25, -0.2) is 9.97 Å². The highest BCUT2D eigenvalue weighted by Gasteiger charge is 2.63. The molecule has 1 aliphatic carbocycles. The monoisotopic (exact) mass is 304 g/mol. The molecule has 1 unspecified atom stereocenters. The average Bonchev–Trinajstić information content (AvgIpc) is 3.15. The standard InChI is InChI=1S/C15H16N2O3S/c1-6-5-16-15(21-2)17-12(6)11-13(18)9-7-3-4-8(20-7)10(9)14(11)19/h5,7-11H,3-4H2,1-2H3/t7-,8+,9+,10-,11?. The zero-order valence-corrected chi connectivity index (χ0v) is 12.7. The van der Waals surface area contributed by atoms with E-state index in [9.17, 15) is 9.59 Å². The number of aryl methyl sites for hydroxylation is 1. The second-order valence-electron chi connectivity index (χ2n) is 6.00. The Kier molecular flexibility index (Phi) is 2.94. The third-order valence-corrected chi connectivity index (χ3v) is 5.51. The lowest BCUT2D eigenvalue weighted by atomic mass is 9.81. The van der Waals surface area contributed by atoms with Crippen LogP contribution in [0, 0.1) is 18.8 Å². The summed E-state index contributed by atoms with van der Waals surface area (Å²) < 4.78 is 5.76. The van der Waals surface area contributed by atoms with Crippen molar-refractivity contribution < 1.29 is 14.3 Å². The van der Waals surface area contributed by atoms with Crippen molar-refractivity contribution in [2.45, 2.75) is 43.0 Å². The maximum atomic E-state index is 12.8. The minimum atomic E-state index is -0.708. The maximum absolute atomic E-state index is 12.8. The molecule has 21 heavy (non-hydrogen) atoms. The Morgan fingerprint density at radius 2 is 1.81 bits per heavy atom. The van der Waals surface area contributed by atoms with Gasteiger partial charge in [0.25, 0.3) is 0 Å². The van der Waals surface area contributed by atoms with E-state index in [1.807, 2.05) is 13.2 Å². The molecule has 3 fully saturated rings. The van der Waals surface area contributed by atoms with Gasteiger partial charge in [-0.2, -0.15) is 0 Å².